The molecule has 0 fully saturated rings. The van der Waals surface area contributed by atoms with Crippen molar-refractivity contribution in [1.82, 2.24) is 14.8 Å². The van der Waals surface area contributed by atoms with Gasteiger partial charge in [0, 0.05) is 5.56 Å². The molecule has 0 aliphatic rings. The van der Waals surface area contributed by atoms with E-state index in [1.807, 2.05) is 18.2 Å². The van der Waals surface area contributed by atoms with Crippen molar-refractivity contribution < 1.29 is 4.39 Å². The van der Waals surface area contributed by atoms with Crippen LogP contribution in [0.1, 0.15) is 0 Å². The Morgan fingerprint density at radius 2 is 1.80 bits per heavy atom. The summed E-state index contributed by atoms with van der Waals surface area (Å²) in [6.45, 7) is 0. The fraction of sp³-hybridized carbons (Fsp3) is 0. The summed E-state index contributed by atoms with van der Waals surface area (Å²) in [7, 11) is 0. The number of halogens is 2. The van der Waals surface area contributed by atoms with Crippen molar-refractivity contribution in [1.29, 1.82) is 0 Å². The molecule has 1 heterocycles. The molecule has 100 valence electrons. The molecule has 0 saturated carbocycles. The van der Waals surface area contributed by atoms with Crippen molar-refractivity contribution in [3.63, 3.8) is 0 Å². The fourth-order valence-corrected chi connectivity index (χ4v) is 2.43. The van der Waals surface area contributed by atoms with Gasteiger partial charge in [0.1, 0.15) is 5.82 Å². The monoisotopic (exact) mass is 305 g/mol. The van der Waals surface area contributed by atoms with Crippen LogP contribution in [0.2, 0.25) is 5.02 Å². The lowest BCUT2D eigenvalue weighted by Gasteiger charge is -2.08. The first kappa shape index (κ1) is 13.0. The molecule has 0 aliphatic carbocycles. The van der Waals surface area contributed by atoms with E-state index in [2.05, 4.69) is 10.2 Å². The van der Waals surface area contributed by atoms with Gasteiger partial charge in [0.15, 0.2) is 10.6 Å². The molecule has 0 saturated heterocycles. The maximum Gasteiger partial charge on any atom is 0.200 e. The van der Waals surface area contributed by atoms with Gasteiger partial charge in [-0.05, 0) is 36.5 Å². The van der Waals surface area contributed by atoms with Gasteiger partial charge in [-0.25, -0.2) is 4.39 Å². The third-order valence-corrected chi connectivity index (χ3v) is 3.48. The van der Waals surface area contributed by atoms with Crippen LogP contribution in [-0.2, 0) is 0 Å². The van der Waals surface area contributed by atoms with Gasteiger partial charge >= 0.3 is 0 Å². The second-order valence-electron chi connectivity index (χ2n) is 4.12. The number of hydrogen-bond donors (Lipinski definition) is 1. The van der Waals surface area contributed by atoms with Crippen molar-refractivity contribution >= 4 is 23.8 Å². The van der Waals surface area contributed by atoms with Crippen molar-refractivity contribution in [2.75, 3.05) is 0 Å². The third kappa shape index (κ3) is 2.15. The first-order valence-corrected chi connectivity index (χ1v) is 6.64. The highest BCUT2D eigenvalue weighted by Gasteiger charge is 2.15. The molecule has 3 aromatic rings. The molecule has 1 aromatic heterocycles. The van der Waals surface area contributed by atoms with E-state index in [0.29, 0.717) is 26.9 Å². The Kier molecular flexibility index (Phi) is 3.38. The minimum absolute atomic E-state index is 0.310. The molecule has 2 aromatic carbocycles. The van der Waals surface area contributed by atoms with E-state index in [-0.39, 0.29) is 5.82 Å². The Morgan fingerprint density at radius 3 is 2.55 bits per heavy atom. The average molecular weight is 306 g/mol. The molecule has 3 nitrogen and oxygen atoms in total. The smallest absolute Gasteiger partial charge is 0.200 e. The largest absolute Gasteiger partial charge is 0.265 e. The number of nitrogens with one attached hydrogen (secondary N) is 1. The topological polar surface area (TPSA) is 33.6 Å². The van der Waals surface area contributed by atoms with E-state index < -0.39 is 0 Å². The molecular weight excluding hydrogens is 297 g/mol. The first-order chi connectivity index (χ1) is 9.68. The number of nitrogens with zero attached hydrogens (tertiary/aromatic N) is 2. The summed E-state index contributed by atoms with van der Waals surface area (Å²) in [5.74, 6) is 0.101. The predicted molar refractivity (Wildman–Crippen MR) is 79.2 cm³/mol. The highest BCUT2D eigenvalue weighted by atomic mass is 35.5. The highest BCUT2D eigenvalue weighted by Crippen LogP contribution is 2.28. The minimum atomic E-state index is -0.377. The van der Waals surface area contributed by atoms with E-state index in [1.165, 1.54) is 10.6 Å². The van der Waals surface area contributed by atoms with Crippen molar-refractivity contribution in [3.8, 4) is 17.1 Å². The maximum absolute atomic E-state index is 14.0. The van der Waals surface area contributed by atoms with Gasteiger partial charge in [-0.2, -0.15) is 5.10 Å². The molecule has 1 N–H and O–H groups in total. The summed E-state index contributed by atoms with van der Waals surface area (Å²) >= 11 is 11.4. The van der Waals surface area contributed by atoms with Crippen LogP contribution in [0.15, 0.2) is 48.5 Å². The van der Waals surface area contributed by atoms with Gasteiger partial charge in [-0.15, -0.1) is 0 Å². The van der Waals surface area contributed by atoms with Crippen LogP contribution in [0.5, 0.6) is 0 Å². The molecule has 0 bridgehead atoms. The van der Waals surface area contributed by atoms with Crippen LogP contribution < -0.4 is 0 Å². The zero-order valence-corrected chi connectivity index (χ0v) is 11.7. The van der Waals surface area contributed by atoms with Gasteiger partial charge in [-0.1, -0.05) is 35.9 Å². The molecule has 0 radical (unpaired) electrons. The van der Waals surface area contributed by atoms with Crippen LogP contribution in [-0.4, -0.2) is 14.8 Å². The summed E-state index contributed by atoms with van der Waals surface area (Å²) in [6.07, 6.45) is 0. The molecule has 3 rings (SSSR count). The average Bonchev–Trinajstić information content (AvgIpc) is 2.82. The molecule has 0 atom stereocenters. The summed E-state index contributed by atoms with van der Waals surface area (Å²) in [5, 5.41) is 7.37. The number of aromatic amines is 1. The Bertz CT molecular complexity index is 825. The first-order valence-electron chi connectivity index (χ1n) is 5.85. The number of para-hydroxylation sites is 1. The number of hydrogen-bond acceptors (Lipinski definition) is 2. The predicted octanol–water partition coefficient (Wildman–Crippen LogP) is 4.39. The molecule has 0 spiro atoms. The zero-order chi connectivity index (χ0) is 14.1. The molecule has 0 amide bonds. The SMILES string of the molecule is Fc1ccccc1-n1c(-c2ccccc2Cl)n[nH]c1=S. The second-order valence-corrected chi connectivity index (χ2v) is 4.91. The Hall–Kier alpha value is -1.98. The van der Waals surface area contributed by atoms with Crippen molar-refractivity contribution in [2.24, 2.45) is 0 Å². The highest BCUT2D eigenvalue weighted by molar-refractivity contribution is 7.71. The second kappa shape index (κ2) is 5.19. The standard InChI is InChI=1S/C14H9ClFN3S/c15-10-6-2-1-5-9(10)13-17-18-14(20)19(13)12-8-4-3-7-11(12)16/h1-8H,(H,18,20). The Labute approximate surface area is 124 Å². The number of rotatable bonds is 2. The summed E-state index contributed by atoms with van der Waals surface area (Å²) in [5.41, 5.74) is 1.02. The molecule has 0 unspecified atom stereocenters. The van der Waals surface area contributed by atoms with Crippen LogP contribution >= 0.6 is 23.8 Å². The van der Waals surface area contributed by atoms with Crippen molar-refractivity contribution in [3.05, 3.63) is 64.1 Å². The lowest BCUT2D eigenvalue weighted by atomic mass is 10.2. The van der Waals surface area contributed by atoms with Gasteiger partial charge in [-0.3, -0.25) is 9.67 Å². The lowest BCUT2D eigenvalue weighted by molar-refractivity contribution is 0.618. The van der Waals surface area contributed by atoms with E-state index >= 15 is 0 Å². The minimum Gasteiger partial charge on any atom is -0.265 e. The van der Waals surface area contributed by atoms with Gasteiger partial charge in [0.2, 0.25) is 0 Å². The molecule has 6 heteroatoms. The molecular formula is C14H9ClFN3S. The lowest BCUT2D eigenvalue weighted by Crippen LogP contribution is -2.00. The number of aromatic nitrogens is 3. The number of H-pyrrole nitrogens is 1. The van der Waals surface area contributed by atoms with E-state index in [1.54, 1.807) is 24.3 Å². The van der Waals surface area contributed by atoms with E-state index in [9.17, 15) is 4.39 Å². The van der Waals surface area contributed by atoms with Gasteiger partial charge in [0.05, 0.1) is 10.7 Å². The quantitative estimate of drug-likeness (QED) is 0.712. The fourth-order valence-electron chi connectivity index (χ4n) is 1.98. The van der Waals surface area contributed by atoms with E-state index in [4.69, 9.17) is 23.8 Å². The Morgan fingerprint density at radius 1 is 1.10 bits per heavy atom. The van der Waals surface area contributed by atoms with Crippen LogP contribution in [0.3, 0.4) is 0 Å². The van der Waals surface area contributed by atoms with Crippen LogP contribution in [0, 0.1) is 10.6 Å². The molecule has 20 heavy (non-hydrogen) atoms. The molecule has 0 aliphatic heterocycles. The summed E-state index contributed by atoms with van der Waals surface area (Å²) in [6, 6.07) is 13.6. The normalized spacial score (nSPS) is 10.7. The Balaban J connectivity index is 2.29. The zero-order valence-electron chi connectivity index (χ0n) is 10.2. The number of benzene rings is 2. The van der Waals surface area contributed by atoms with Crippen molar-refractivity contribution in [2.45, 2.75) is 0 Å². The van der Waals surface area contributed by atoms with Gasteiger partial charge < -0.3 is 0 Å². The van der Waals surface area contributed by atoms with Gasteiger partial charge in [0.25, 0.3) is 0 Å². The third-order valence-electron chi connectivity index (χ3n) is 2.88. The van der Waals surface area contributed by atoms with Crippen LogP contribution in [0.25, 0.3) is 17.1 Å². The summed E-state index contributed by atoms with van der Waals surface area (Å²) < 4.78 is 15.8. The van der Waals surface area contributed by atoms with Crippen LogP contribution in [0.4, 0.5) is 4.39 Å². The summed E-state index contributed by atoms with van der Waals surface area (Å²) in [4.78, 5) is 0. The van der Waals surface area contributed by atoms with E-state index in [0.717, 1.165) is 0 Å². The maximum atomic E-state index is 14.0.